The molecular formula is C22H22F3N3O2. The molecule has 1 aromatic carbocycles. The molecule has 3 aromatic rings. The molecule has 2 aromatic heterocycles. The Labute approximate surface area is 172 Å². The number of alkyl halides is 3. The second kappa shape index (κ2) is 10.2. The van der Waals surface area contributed by atoms with Crippen LogP contribution in [0, 0.1) is 0 Å². The van der Waals surface area contributed by atoms with E-state index in [9.17, 15) is 18.3 Å². The molecule has 30 heavy (non-hydrogen) atoms. The molecule has 0 bridgehead atoms. The summed E-state index contributed by atoms with van der Waals surface area (Å²) in [5, 5.41) is 10.4. The fourth-order valence-electron chi connectivity index (χ4n) is 2.97. The molecule has 1 N–H and O–H groups in total. The smallest absolute Gasteiger partial charge is 0.416 e. The second-order valence-electron chi connectivity index (χ2n) is 6.88. The number of pyridine rings is 2. The molecule has 2 heterocycles. The average Bonchev–Trinajstić information content (AvgIpc) is 2.73. The van der Waals surface area contributed by atoms with E-state index < -0.39 is 17.8 Å². The molecule has 158 valence electrons. The van der Waals surface area contributed by atoms with Crippen molar-refractivity contribution >= 4 is 0 Å². The quantitative estimate of drug-likeness (QED) is 0.572. The summed E-state index contributed by atoms with van der Waals surface area (Å²) >= 11 is 0. The number of halogens is 3. The number of aromatic nitrogens is 2. The third-order valence-corrected chi connectivity index (χ3v) is 4.35. The largest absolute Gasteiger partial charge is 0.491 e. The van der Waals surface area contributed by atoms with Crippen molar-refractivity contribution in [2.24, 2.45) is 0 Å². The molecule has 3 rings (SSSR count). The molecule has 1 atom stereocenters. The van der Waals surface area contributed by atoms with Gasteiger partial charge in [-0.15, -0.1) is 0 Å². The number of aliphatic hydroxyl groups excluding tert-OH is 1. The molecule has 0 aliphatic heterocycles. The lowest BCUT2D eigenvalue weighted by Crippen LogP contribution is -2.35. The van der Waals surface area contributed by atoms with E-state index in [1.54, 1.807) is 24.8 Å². The highest BCUT2D eigenvalue weighted by Gasteiger charge is 2.30. The predicted octanol–water partition coefficient (Wildman–Crippen LogP) is 3.94. The van der Waals surface area contributed by atoms with Gasteiger partial charge in [-0.2, -0.15) is 13.2 Å². The summed E-state index contributed by atoms with van der Waals surface area (Å²) in [6.45, 7) is 1.41. The minimum absolute atomic E-state index is 0.0397. The van der Waals surface area contributed by atoms with Gasteiger partial charge in [-0.25, -0.2) is 0 Å². The van der Waals surface area contributed by atoms with Gasteiger partial charge in [0.25, 0.3) is 0 Å². The fourth-order valence-corrected chi connectivity index (χ4v) is 2.97. The summed E-state index contributed by atoms with van der Waals surface area (Å²) in [4.78, 5) is 10.3. The number of hydrogen-bond acceptors (Lipinski definition) is 5. The first-order valence-electron chi connectivity index (χ1n) is 9.38. The Bertz CT molecular complexity index is 850. The zero-order valence-corrected chi connectivity index (χ0v) is 16.2. The molecule has 0 saturated carbocycles. The summed E-state index contributed by atoms with van der Waals surface area (Å²) in [7, 11) is 0. The Balaban J connectivity index is 1.58. The van der Waals surface area contributed by atoms with Crippen molar-refractivity contribution in [2.45, 2.75) is 25.4 Å². The van der Waals surface area contributed by atoms with Crippen molar-refractivity contribution in [1.82, 2.24) is 14.9 Å². The Hall–Kier alpha value is -2.97. The van der Waals surface area contributed by atoms with Gasteiger partial charge < -0.3 is 9.84 Å². The van der Waals surface area contributed by atoms with E-state index in [1.807, 2.05) is 29.2 Å². The van der Waals surface area contributed by atoms with Crippen LogP contribution >= 0.6 is 0 Å². The van der Waals surface area contributed by atoms with Gasteiger partial charge in [-0.05, 0) is 47.5 Å². The van der Waals surface area contributed by atoms with Crippen molar-refractivity contribution in [1.29, 1.82) is 0 Å². The Morgan fingerprint density at radius 2 is 1.47 bits per heavy atom. The minimum Gasteiger partial charge on any atom is -0.491 e. The molecule has 1 unspecified atom stereocenters. The van der Waals surface area contributed by atoms with Crippen LogP contribution in [0.15, 0.2) is 73.3 Å². The van der Waals surface area contributed by atoms with Gasteiger partial charge in [-0.1, -0.05) is 12.1 Å². The van der Waals surface area contributed by atoms with Crippen LogP contribution in [-0.2, 0) is 19.3 Å². The van der Waals surface area contributed by atoms with Crippen LogP contribution in [0.4, 0.5) is 13.2 Å². The molecular weight excluding hydrogens is 395 g/mol. The zero-order valence-electron chi connectivity index (χ0n) is 16.2. The fraction of sp³-hybridized carbons (Fsp3) is 0.273. The van der Waals surface area contributed by atoms with Gasteiger partial charge >= 0.3 is 6.18 Å². The molecule has 0 saturated heterocycles. The van der Waals surface area contributed by atoms with Gasteiger partial charge in [-0.3, -0.25) is 14.9 Å². The van der Waals surface area contributed by atoms with E-state index in [1.165, 1.54) is 12.1 Å². The molecule has 8 heteroatoms. The number of hydrogen-bond donors (Lipinski definition) is 1. The number of nitrogens with zero attached hydrogens (tertiary/aromatic N) is 3. The van der Waals surface area contributed by atoms with Crippen LogP contribution in [0.25, 0.3) is 0 Å². The molecule has 0 amide bonds. The topological polar surface area (TPSA) is 58.5 Å². The molecule has 0 aliphatic rings. The van der Waals surface area contributed by atoms with Crippen molar-refractivity contribution in [3.63, 3.8) is 0 Å². The normalized spacial score (nSPS) is 12.7. The second-order valence-corrected chi connectivity index (χ2v) is 6.88. The van der Waals surface area contributed by atoms with Crippen LogP contribution in [0.2, 0.25) is 0 Å². The third-order valence-electron chi connectivity index (χ3n) is 4.35. The van der Waals surface area contributed by atoms with E-state index in [-0.39, 0.29) is 12.4 Å². The van der Waals surface area contributed by atoms with Crippen molar-refractivity contribution in [3.8, 4) is 5.75 Å². The first kappa shape index (κ1) is 21.7. The highest BCUT2D eigenvalue weighted by molar-refractivity contribution is 5.28. The maximum absolute atomic E-state index is 12.6. The number of ether oxygens (including phenoxy) is 1. The van der Waals surface area contributed by atoms with E-state index in [0.29, 0.717) is 19.6 Å². The molecule has 0 fully saturated rings. The van der Waals surface area contributed by atoms with Gasteiger partial charge in [0.05, 0.1) is 5.56 Å². The monoisotopic (exact) mass is 417 g/mol. The van der Waals surface area contributed by atoms with Gasteiger partial charge in [0, 0.05) is 44.4 Å². The van der Waals surface area contributed by atoms with Gasteiger partial charge in [0.1, 0.15) is 18.5 Å². The van der Waals surface area contributed by atoms with E-state index in [2.05, 4.69) is 9.97 Å². The predicted molar refractivity (Wildman–Crippen MR) is 106 cm³/mol. The standard InChI is InChI=1S/C22H22F3N3O2/c23-22(24,25)19-5-7-21(8-6-19)30-16-20(29)15-28(13-17-3-1-9-26-11-17)14-18-4-2-10-27-12-18/h1-12,20,29H,13-16H2. The lowest BCUT2D eigenvalue weighted by Gasteiger charge is -2.25. The van der Waals surface area contributed by atoms with Crippen LogP contribution < -0.4 is 4.74 Å². The Kier molecular flexibility index (Phi) is 7.37. The summed E-state index contributed by atoms with van der Waals surface area (Å²) in [5.74, 6) is 0.271. The first-order valence-corrected chi connectivity index (χ1v) is 9.38. The molecule has 0 aliphatic carbocycles. The van der Waals surface area contributed by atoms with Crippen LogP contribution in [0.3, 0.4) is 0 Å². The number of benzene rings is 1. The highest BCUT2D eigenvalue weighted by Crippen LogP contribution is 2.30. The number of rotatable bonds is 9. The first-order chi connectivity index (χ1) is 14.4. The Morgan fingerprint density at radius 3 is 1.93 bits per heavy atom. The minimum atomic E-state index is -4.39. The number of aliphatic hydroxyl groups is 1. The van der Waals surface area contributed by atoms with Crippen molar-refractivity contribution in [3.05, 3.63) is 90.0 Å². The van der Waals surface area contributed by atoms with Crippen LogP contribution in [0.1, 0.15) is 16.7 Å². The van der Waals surface area contributed by atoms with Crippen molar-refractivity contribution in [2.75, 3.05) is 13.2 Å². The summed E-state index contributed by atoms with van der Waals surface area (Å²) in [6.07, 6.45) is 1.70. The van der Waals surface area contributed by atoms with Gasteiger partial charge in [0.2, 0.25) is 0 Å². The third kappa shape index (κ3) is 6.82. The highest BCUT2D eigenvalue weighted by atomic mass is 19.4. The summed E-state index contributed by atoms with van der Waals surface area (Å²) in [5.41, 5.74) is 1.25. The van der Waals surface area contributed by atoms with Crippen molar-refractivity contribution < 1.29 is 23.0 Å². The maximum Gasteiger partial charge on any atom is 0.416 e. The molecule has 0 spiro atoms. The summed E-state index contributed by atoms with van der Waals surface area (Å²) in [6, 6.07) is 12.0. The Morgan fingerprint density at radius 1 is 0.900 bits per heavy atom. The lowest BCUT2D eigenvalue weighted by atomic mass is 10.2. The summed E-state index contributed by atoms with van der Waals surface area (Å²) < 4.78 is 43.4. The average molecular weight is 417 g/mol. The molecule has 5 nitrogen and oxygen atoms in total. The van der Waals surface area contributed by atoms with Crippen LogP contribution in [0.5, 0.6) is 5.75 Å². The van der Waals surface area contributed by atoms with E-state index >= 15 is 0 Å². The van der Waals surface area contributed by atoms with Gasteiger partial charge in [0.15, 0.2) is 0 Å². The maximum atomic E-state index is 12.6. The molecule has 0 radical (unpaired) electrons. The SMILES string of the molecule is OC(COc1ccc(C(F)(F)F)cc1)CN(Cc1cccnc1)Cc1cccnc1. The van der Waals surface area contributed by atoms with E-state index in [0.717, 1.165) is 23.3 Å². The lowest BCUT2D eigenvalue weighted by molar-refractivity contribution is -0.137. The van der Waals surface area contributed by atoms with Crippen LogP contribution in [-0.4, -0.2) is 39.2 Å². The zero-order chi connectivity index (χ0) is 21.4. The van der Waals surface area contributed by atoms with E-state index in [4.69, 9.17) is 4.74 Å².